The minimum atomic E-state index is -3.79. The number of rotatable bonds is 5. The molecule has 2 rings (SSSR count). The van der Waals surface area contributed by atoms with Crippen LogP contribution in [-0.4, -0.2) is 20.4 Å². The molecule has 0 aliphatic carbocycles. The van der Waals surface area contributed by atoms with Gasteiger partial charge in [-0.05, 0) is 56.3 Å². The van der Waals surface area contributed by atoms with Gasteiger partial charge in [-0.25, -0.2) is 8.42 Å². The lowest BCUT2D eigenvalue weighted by molar-refractivity contribution is 0.0943. The fourth-order valence-corrected chi connectivity index (χ4v) is 3.31. The summed E-state index contributed by atoms with van der Waals surface area (Å²) in [5.41, 5.74) is 0.435. The maximum absolute atomic E-state index is 12.4. The third-order valence-corrected chi connectivity index (χ3v) is 4.99. The summed E-state index contributed by atoms with van der Waals surface area (Å²) in [7, 11) is -3.79. The topological polar surface area (TPSA) is 75.3 Å². The van der Waals surface area contributed by atoms with Gasteiger partial charge in [0.1, 0.15) is 0 Å². The Kier molecular flexibility index (Phi) is 5.74. The smallest absolute Gasteiger partial charge is 0.261 e. The fourth-order valence-electron chi connectivity index (χ4n) is 1.93. The first-order valence-electron chi connectivity index (χ1n) is 7.08. The summed E-state index contributed by atoms with van der Waals surface area (Å²) < 4.78 is 27.2. The largest absolute Gasteiger partial charge is 0.350 e. The summed E-state index contributed by atoms with van der Waals surface area (Å²) in [6.45, 7) is 3.64. The highest BCUT2D eigenvalue weighted by molar-refractivity contribution is 7.92. The van der Waals surface area contributed by atoms with Crippen molar-refractivity contribution < 1.29 is 13.2 Å². The maximum Gasteiger partial charge on any atom is 0.261 e. The second-order valence-electron chi connectivity index (χ2n) is 5.38. The average Bonchev–Trinajstić information content (AvgIpc) is 2.48. The highest BCUT2D eigenvalue weighted by atomic mass is 35.5. The lowest BCUT2D eigenvalue weighted by atomic mass is 10.2. The van der Waals surface area contributed by atoms with Crippen LogP contribution in [0.25, 0.3) is 0 Å². The second-order valence-corrected chi connectivity index (χ2v) is 7.91. The van der Waals surface area contributed by atoms with Gasteiger partial charge in [0.05, 0.1) is 15.5 Å². The predicted octanol–water partition coefficient (Wildman–Crippen LogP) is 3.93. The highest BCUT2D eigenvalue weighted by Crippen LogP contribution is 2.23. The Labute approximate surface area is 151 Å². The molecule has 0 atom stereocenters. The summed E-state index contributed by atoms with van der Waals surface area (Å²) >= 11 is 11.8. The highest BCUT2D eigenvalue weighted by Gasteiger charge is 2.17. The molecule has 0 aromatic heterocycles. The zero-order valence-electron chi connectivity index (χ0n) is 13.0. The molecule has 0 aliphatic heterocycles. The maximum atomic E-state index is 12.4. The number of sulfonamides is 1. The Bertz CT molecular complexity index is 850. The van der Waals surface area contributed by atoms with Crippen LogP contribution in [-0.2, 0) is 10.0 Å². The van der Waals surface area contributed by atoms with E-state index in [1.165, 1.54) is 42.5 Å². The van der Waals surface area contributed by atoms with E-state index in [1.54, 1.807) is 0 Å². The van der Waals surface area contributed by atoms with Crippen LogP contribution < -0.4 is 10.0 Å². The first-order valence-corrected chi connectivity index (χ1v) is 9.32. The van der Waals surface area contributed by atoms with Crippen molar-refractivity contribution in [2.45, 2.75) is 24.8 Å². The van der Waals surface area contributed by atoms with Crippen molar-refractivity contribution in [2.24, 2.45) is 0 Å². The van der Waals surface area contributed by atoms with Crippen LogP contribution in [0.5, 0.6) is 0 Å². The molecule has 1 amide bonds. The first-order chi connectivity index (χ1) is 11.2. The molecule has 24 heavy (non-hydrogen) atoms. The molecule has 2 aromatic rings. The summed E-state index contributed by atoms with van der Waals surface area (Å²) in [6.07, 6.45) is 0. The number of halogens is 2. The third kappa shape index (κ3) is 4.63. The van der Waals surface area contributed by atoms with Gasteiger partial charge in [0.2, 0.25) is 0 Å². The van der Waals surface area contributed by atoms with Crippen LogP contribution in [0.4, 0.5) is 5.69 Å². The van der Waals surface area contributed by atoms with Gasteiger partial charge in [0.25, 0.3) is 15.9 Å². The summed E-state index contributed by atoms with van der Waals surface area (Å²) in [6, 6.07) is 10.0. The van der Waals surface area contributed by atoms with Gasteiger partial charge in [-0.15, -0.1) is 0 Å². The van der Waals surface area contributed by atoms with E-state index < -0.39 is 10.0 Å². The number of carbonyl (C=O) groups excluding carboxylic acids is 1. The van der Waals surface area contributed by atoms with Crippen molar-refractivity contribution in [3.8, 4) is 0 Å². The molecule has 0 saturated heterocycles. The van der Waals surface area contributed by atoms with Crippen molar-refractivity contribution in [1.29, 1.82) is 0 Å². The van der Waals surface area contributed by atoms with E-state index in [-0.39, 0.29) is 33.1 Å². The summed E-state index contributed by atoms with van der Waals surface area (Å²) in [4.78, 5) is 12.2. The van der Waals surface area contributed by atoms with Gasteiger partial charge in [-0.3, -0.25) is 9.52 Å². The Morgan fingerprint density at radius 2 is 1.67 bits per heavy atom. The number of hydrogen-bond donors (Lipinski definition) is 2. The van der Waals surface area contributed by atoms with Crippen molar-refractivity contribution in [3.63, 3.8) is 0 Å². The molecule has 128 valence electrons. The van der Waals surface area contributed by atoms with Gasteiger partial charge in [-0.2, -0.15) is 0 Å². The van der Waals surface area contributed by atoms with Crippen molar-refractivity contribution >= 4 is 44.8 Å². The molecule has 0 radical (unpaired) electrons. The van der Waals surface area contributed by atoms with E-state index in [2.05, 4.69) is 10.0 Å². The molecule has 0 spiro atoms. The lowest BCUT2D eigenvalue weighted by Gasteiger charge is -2.12. The van der Waals surface area contributed by atoms with Gasteiger partial charge >= 0.3 is 0 Å². The monoisotopic (exact) mass is 386 g/mol. The van der Waals surface area contributed by atoms with Gasteiger partial charge in [0, 0.05) is 16.8 Å². The average molecular weight is 387 g/mol. The molecule has 0 saturated carbocycles. The van der Waals surface area contributed by atoms with E-state index in [1.807, 2.05) is 13.8 Å². The molecule has 0 fully saturated rings. The SMILES string of the molecule is CC(C)NC(=O)c1cc(NS(=O)(=O)c2ccc(Cl)cc2)ccc1Cl. The van der Waals surface area contributed by atoms with Crippen LogP contribution >= 0.6 is 23.2 Å². The lowest BCUT2D eigenvalue weighted by Crippen LogP contribution is -2.30. The van der Waals surface area contributed by atoms with Gasteiger partial charge in [0.15, 0.2) is 0 Å². The van der Waals surface area contributed by atoms with E-state index in [0.29, 0.717) is 5.02 Å². The number of hydrogen-bond acceptors (Lipinski definition) is 3. The zero-order chi connectivity index (χ0) is 17.9. The van der Waals surface area contributed by atoms with E-state index in [0.717, 1.165) is 0 Å². The molecule has 2 N–H and O–H groups in total. The zero-order valence-corrected chi connectivity index (χ0v) is 15.3. The van der Waals surface area contributed by atoms with Crippen molar-refractivity contribution in [3.05, 3.63) is 58.1 Å². The van der Waals surface area contributed by atoms with Crippen LogP contribution in [0, 0.1) is 0 Å². The third-order valence-electron chi connectivity index (χ3n) is 3.01. The molecule has 5 nitrogen and oxygen atoms in total. The molecule has 2 aromatic carbocycles. The summed E-state index contributed by atoms with van der Waals surface area (Å²) in [5, 5.41) is 3.39. The number of anilines is 1. The fraction of sp³-hybridized carbons (Fsp3) is 0.188. The number of carbonyl (C=O) groups is 1. The molecule has 0 heterocycles. The van der Waals surface area contributed by atoms with E-state index in [4.69, 9.17) is 23.2 Å². The molecule has 0 unspecified atom stereocenters. The Balaban J connectivity index is 2.30. The summed E-state index contributed by atoms with van der Waals surface area (Å²) in [5.74, 6) is -0.373. The number of benzene rings is 2. The quantitative estimate of drug-likeness (QED) is 0.816. The molecule has 0 aliphatic rings. The second kappa shape index (κ2) is 7.42. The van der Waals surface area contributed by atoms with E-state index >= 15 is 0 Å². The Hall–Kier alpha value is -1.76. The molecular formula is C16H16Cl2N2O3S. The van der Waals surface area contributed by atoms with Crippen molar-refractivity contribution in [2.75, 3.05) is 4.72 Å². The molecule has 0 bridgehead atoms. The first kappa shape index (κ1) is 18.6. The predicted molar refractivity (Wildman–Crippen MR) is 96.3 cm³/mol. The molecular weight excluding hydrogens is 371 g/mol. The van der Waals surface area contributed by atoms with Crippen LogP contribution in [0.3, 0.4) is 0 Å². The Morgan fingerprint density at radius 1 is 1.04 bits per heavy atom. The van der Waals surface area contributed by atoms with Crippen LogP contribution in [0.2, 0.25) is 10.0 Å². The van der Waals surface area contributed by atoms with Crippen molar-refractivity contribution in [1.82, 2.24) is 5.32 Å². The molecule has 8 heteroatoms. The minimum absolute atomic E-state index is 0.0648. The normalized spacial score (nSPS) is 11.4. The standard InChI is InChI=1S/C16H16Cl2N2O3S/c1-10(2)19-16(21)14-9-12(5-8-15(14)18)20-24(22,23)13-6-3-11(17)4-7-13/h3-10,20H,1-2H3,(H,19,21). The number of nitrogens with one attached hydrogen (secondary N) is 2. The van der Waals surface area contributed by atoms with Gasteiger partial charge in [-0.1, -0.05) is 23.2 Å². The van der Waals surface area contributed by atoms with Crippen LogP contribution in [0.1, 0.15) is 24.2 Å². The Morgan fingerprint density at radius 3 is 2.25 bits per heavy atom. The van der Waals surface area contributed by atoms with Crippen LogP contribution in [0.15, 0.2) is 47.4 Å². The van der Waals surface area contributed by atoms with E-state index in [9.17, 15) is 13.2 Å². The van der Waals surface area contributed by atoms with Gasteiger partial charge < -0.3 is 5.32 Å². The minimum Gasteiger partial charge on any atom is -0.350 e. The number of amides is 1.